The van der Waals surface area contributed by atoms with Crippen molar-refractivity contribution in [3.8, 4) is 6.07 Å². The van der Waals surface area contributed by atoms with Crippen molar-refractivity contribution in [3.63, 3.8) is 0 Å². The molecule has 2 rings (SSSR count). The quantitative estimate of drug-likeness (QED) is 0.654. The zero-order chi connectivity index (χ0) is 16.8. The van der Waals surface area contributed by atoms with Crippen LogP contribution in [-0.2, 0) is 4.79 Å². The fourth-order valence-corrected chi connectivity index (χ4v) is 1.84. The summed E-state index contributed by atoms with van der Waals surface area (Å²) in [6, 6.07) is 11.1. The standard InChI is InChI=1S/C16H10ClF2N3O/c17-12-3-1-2-4-14(12)22-16(23)10(8-20)9-21-15-6-5-11(18)7-13(15)19/h1-7,9,21H,(H,22,23)/b10-9-. The first-order valence-corrected chi connectivity index (χ1v) is 6.77. The summed E-state index contributed by atoms with van der Waals surface area (Å²) < 4.78 is 26.3. The molecule has 0 aliphatic rings. The number of nitriles is 1. The van der Waals surface area contributed by atoms with Crippen molar-refractivity contribution in [2.75, 3.05) is 10.6 Å². The Bertz CT molecular complexity index is 815. The largest absolute Gasteiger partial charge is 0.358 e. The number of para-hydroxylation sites is 1. The van der Waals surface area contributed by atoms with Gasteiger partial charge in [0.1, 0.15) is 23.3 Å². The van der Waals surface area contributed by atoms with E-state index in [0.29, 0.717) is 16.8 Å². The van der Waals surface area contributed by atoms with E-state index in [1.807, 2.05) is 0 Å². The van der Waals surface area contributed by atoms with Gasteiger partial charge in [-0.1, -0.05) is 23.7 Å². The number of carbonyl (C=O) groups is 1. The van der Waals surface area contributed by atoms with Gasteiger partial charge in [0.05, 0.1) is 16.4 Å². The summed E-state index contributed by atoms with van der Waals surface area (Å²) in [7, 11) is 0. The monoisotopic (exact) mass is 333 g/mol. The summed E-state index contributed by atoms with van der Waals surface area (Å²) in [5.74, 6) is -2.28. The Balaban J connectivity index is 2.14. The first-order chi connectivity index (χ1) is 11.0. The molecule has 0 spiro atoms. The van der Waals surface area contributed by atoms with Crippen LogP contribution in [0.15, 0.2) is 54.2 Å². The van der Waals surface area contributed by atoms with Crippen LogP contribution < -0.4 is 10.6 Å². The summed E-state index contributed by atoms with van der Waals surface area (Å²) in [4.78, 5) is 12.0. The average molecular weight is 334 g/mol. The number of benzene rings is 2. The van der Waals surface area contributed by atoms with Gasteiger partial charge in [0.25, 0.3) is 5.91 Å². The zero-order valence-electron chi connectivity index (χ0n) is 11.6. The molecule has 116 valence electrons. The molecule has 0 aliphatic heterocycles. The van der Waals surface area contributed by atoms with Gasteiger partial charge in [-0.25, -0.2) is 8.78 Å². The summed E-state index contributed by atoms with van der Waals surface area (Å²) >= 11 is 5.91. The molecule has 0 aliphatic carbocycles. The number of nitrogens with one attached hydrogen (secondary N) is 2. The van der Waals surface area contributed by atoms with Crippen molar-refractivity contribution >= 4 is 28.9 Å². The number of amides is 1. The Kier molecular flexibility index (Phi) is 5.28. The van der Waals surface area contributed by atoms with Gasteiger partial charge in [-0.05, 0) is 24.3 Å². The molecule has 2 N–H and O–H groups in total. The Morgan fingerprint density at radius 3 is 2.57 bits per heavy atom. The van der Waals surface area contributed by atoms with Gasteiger partial charge >= 0.3 is 0 Å². The minimum Gasteiger partial charge on any atom is -0.358 e. The second kappa shape index (κ2) is 7.38. The molecule has 2 aromatic rings. The van der Waals surface area contributed by atoms with E-state index in [1.54, 1.807) is 30.3 Å². The lowest BCUT2D eigenvalue weighted by Crippen LogP contribution is -2.15. The van der Waals surface area contributed by atoms with Gasteiger partial charge in [0.2, 0.25) is 0 Å². The highest BCUT2D eigenvalue weighted by molar-refractivity contribution is 6.33. The molecule has 2 aromatic carbocycles. The first kappa shape index (κ1) is 16.5. The highest BCUT2D eigenvalue weighted by Crippen LogP contribution is 2.21. The Morgan fingerprint density at radius 2 is 1.91 bits per heavy atom. The van der Waals surface area contributed by atoms with E-state index in [4.69, 9.17) is 16.9 Å². The maximum Gasteiger partial charge on any atom is 0.267 e. The molecule has 0 saturated carbocycles. The molecule has 0 fully saturated rings. The van der Waals surface area contributed by atoms with Crippen LogP contribution in [0.5, 0.6) is 0 Å². The highest BCUT2D eigenvalue weighted by Gasteiger charge is 2.11. The zero-order valence-corrected chi connectivity index (χ0v) is 12.4. The molecular formula is C16H10ClF2N3O. The molecule has 0 aromatic heterocycles. The maximum absolute atomic E-state index is 13.5. The number of hydrogen-bond acceptors (Lipinski definition) is 3. The molecule has 0 bridgehead atoms. The predicted octanol–water partition coefficient (Wildman–Crippen LogP) is 4.08. The van der Waals surface area contributed by atoms with Crippen molar-refractivity contribution in [1.29, 1.82) is 5.26 Å². The highest BCUT2D eigenvalue weighted by atomic mass is 35.5. The van der Waals surface area contributed by atoms with Gasteiger partial charge in [0, 0.05) is 12.3 Å². The average Bonchev–Trinajstić information content (AvgIpc) is 2.52. The number of carbonyl (C=O) groups excluding carboxylic acids is 1. The van der Waals surface area contributed by atoms with E-state index in [0.717, 1.165) is 18.3 Å². The normalized spacial score (nSPS) is 10.8. The van der Waals surface area contributed by atoms with E-state index in [1.165, 1.54) is 0 Å². The fourth-order valence-electron chi connectivity index (χ4n) is 1.66. The van der Waals surface area contributed by atoms with Crippen molar-refractivity contribution in [1.82, 2.24) is 0 Å². The SMILES string of the molecule is N#C/C(=C/Nc1ccc(F)cc1F)C(=O)Nc1ccccc1Cl. The van der Waals surface area contributed by atoms with E-state index >= 15 is 0 Å². The lowest BCUT2D eigenvalue weighted by atomic mass is 10.2. The summed E-state index contributed by atoms with van der Waals surface area (Å²) in [5, 5.41) is 14.3. The molecule has 0 saturated heterocycles. The Morgan fingerprint density at radius 1 is 1.17 bits per heavy atom. The third-order valence-corrected chi connectivity index (χ3v) is 3.12. The van der Waals surface area contributed by atoms with Gasteiger partial charge in [-0.2, -0.15) is 5.26 Å². The molecule has 0 atom stereocenters. The maximum atomic E-state index is 13.5. The van der Waals surface area contributed by atoms with Gasteiger partial charge in [-0.15, -0.1) is 0 Å². The van der Waals surface area contributed by atoms with E-state index < -0.39 is 17.5 Å². The third kappa shape index (κ3) is 4.28. The lowest BCUT2D eigenvalue weighted by molar-refractivity contribution is -0.112. The van der Waals surface area contributed by atoms with Crippen LogP contribution in [0, 0.1) is 23.0 Å². The van der Waals surface area contributed by atoms with Crippen LogP contribution in [-0.4, -0.2) is 5.91 Å². The summed E-state index contributed by atoms with van der Waals surface area (Å²) in [6.07, 6.45) is 1.03. The van der Waals surface area contributed by atoms with Crippen LogP contribution in [0.25, 0.3) is 0 Å². The lowest BCUT2D eigenvalue weighted by Gasteiger charge is -2.07. The molecule has 23 heavy (non-hydrogen) atoms. The van der Waals surface area contributed by atoms with E-state index in [2.05, 4.69) is 10.6 Å². The van der Waals surface area contributed by atoms with Crippen LogP contribution in [0.3, 0.4) is 0 Å². The van der Waals surface area contributed by atoms with Crippen molar-refractivity contribution in [2.45, 2.75) is 0 Å². The topological polar surface area (TPSA) is 64.9 Å². The molecule has 0 unspecified atom stereocenters. The number of anilines is 2. The fraction of sp³-hybridized carbons (Fsp3) is 0. The van der Waals surface area contributed by atoms with E-state index in [-0.39, 0.29) is 11.3 Å². The predicted molar refractivity (Wildman–Crippen MR) is 83.8 cm³/mol. The van der Waals surface area contributed by atoms with Gasteiger partial charge in [0.15, 0.2) is 0 Å². The minimum absolute atomic E-state index is 0.0651. The number of halogens is 3. The molecule has 4 nitrogen and oxygen atoms in total. The van der Waals surface area contributed by atoms with Crippen LogP contribution >= 0.6 is 11.6 Å². The molecule has 7 heteroatoms. The van der Waals surface area contributed by atoms with Crippen LogP contribution in [0.4, 0.5) is 20.2 Å². The Labute approximate surface area is 136 Å². The smallest absolute Gasteiger partial charge is 0.267 e. The third-order valence-electron chi connectivity index (χ3n) is 2.79. The summed E-state index contributed by atoms with van der Waals surface area (Å²) in [5.41, 5.74) is -0.0217. The van der Waals surface area contributed by atoms with Crippen LogP contribution in [0.2, 0.25) is 5.02 Å². The van der Waals surface area contributed by atoms with Gasteiger partial charge < -0.3 is 10.6 Å². The van der Waals surface area contributed by atoms with Crippen LogP contribution in [0.1, 0.15) is 0 Å². The van der Waals surface area contributed by atoms with Crippen molar-refractivity contribution in [3.05, 3.63) is 70.9 Å². The second-order valence-electron chi connectivity index (χ2n) is 4.37. The van der Waals surface area contributed by atoms with Crippen molar-refractivity contribution < 1.29 is 13.6 Å². The van der Waals surface area contributed by atoms with Crippen molar-refractivity contribution in [2.24, 2.45) is 0 Å². The second-order valence-corrected chi connectivity index (χ2v) is 4.78. The number of nitrogens with zero attached hydrogens (tertiary/aromatic N) is 1. The van der Waals surface area contributed by atoms with E-state index in [9.17, 15) is 13.6 Å². The molecular weight excluding hydrogens is 324 g/mol. The molecule has 0 heterocycles. The number of rotatable bonds is 4. The minimum atomic E-state index is -0.843. The van der Waals surface area contributed by atoms with Gasteiger partial charge in [-0.3, -0.25) is 4.79 Å². The first-order valence-electron chi connectivity index (χ1n) is 6.39. The summed E-state index contributed by atoms with van der Waals surface area (Å²) in [6.45, 7) is 0. The molecule has 1 amide bonds. The Hall–Kier alpha value is -2.91. The molecule has 0 radical (unpaired) electrons. The number of hydrogen-bond donors (Lipinski definition) is 2.